The molecule has 0 aromatic heterocycles. The maximum absolute atomic E-state index is 12.5. The van der Waals surface area contributed by atoms with E-state index in [-0.39, 0.29) is 11.8 Å². The summed E-state index contributed by atoms with van der Waals surface area (Å²) in [6.45, 7) is 5.62. The molecule has 2 aromatic carbocycles. The molecule has 3 rings (SSSR count). The highest BCUT2D eigenvalue weighted by Gasteiger charge is 2.12. The Hall–Kier alpha value is -2.70. The van der Waals surface area contributed by atoms with Crippen LogP contribution in [-0.4, -0.2) is 43.0 Å². The Morgan fingerprint density at radius 2 is 1.65 bits per heavy atom. The lowest BCUT2D eigenvalue weighted by Gasteiger charge is -2.26. The molecule has 0 aliphatic carbocycles. The molecule has 1 aliphatic heterocycles. The number of carbonyl (C=O) groups is 2. The van der Waals surface area contributed by atoms with Crippen molar-refractivity contribution in [2.45, 2.75) is 13.5 Å². The van der Waals surface area contributed by atoms with Gasteiger partial charge in [-0.2, -0.15) is 0 Å². The lowest BCUT2D eigenvalue weighted by atomic mass is 10.1. The van der Waals surface area contributed by atoms with Crippen molar-refractivity contribution in [2.75, 3.05) is 36.9 Å². The third kappa shape index (κ3) is 5.15. The summed E-state index contributed by atoms with van der Waals surface area (Å²) >= 11 is 0. The van der Waals surface area contributed by atoms with Gasteiger partial charge in [0.2, 0.25) is 5.91 Å². The van der Waals surface area contributed by atoms with Gasteiger partial charge in [-0.25, -0.2) is 0 Å². The molecule has 2 aromatic rings. The first-order valence-corrected chi connectivity index (χ1v) is 8.68. The van der Waals surface area contributed by atoms with E-state index in [0.717, 1.165) is 38.4 Å². The first-order valence-electron chi connectivity index (χ1n) is 8.68. The first kappa shape index (κ1) is 18.1. The molecule has 26 heavy (non-hydrogen) atoms. The molecule has 0 radical (unpaired) electrons. The summed E-state index contributed by atoms with van der Waals surface area (Å²) in [6, 6.07) is 14.7. The van der Waals surface area contributed by atoms with Crippen LogP contribution in [0.4, 0.5) is 11.4 Å². The normalized spacial score (nSPS) is 14.7. The maximum atomic E-state index is 12.5. The minimum absolute atomic E-state index is 0.126. The first-order chi connectivity index (χ1) is 12.6. The molecule has 1 fully saturated rings. The van der Waals surface area contributed by atoms with Crippen LogP contribution in [-0.2, 0) is 16.1 Å². The predicted molar refractivity (Wildman–Crippen MR) is 101 cm³/mol. The van der Waals surface area contributed by atoms with Gasteiger partial charge in [0, 0.05) is 43.5 Å². The molecular weight excluding hydrogens is 330 g/mol. The SMILES string of the molecule is CC(=O)Nc1ccc(NC(=O)c2cccc(CN3CCOCC3)c2)cc1. The summed E-state index contributed by atoms with van der Waals surface area (Å²) in [4.78, 5) is 25.9. The van der Waals surface area contributed by atoms with E-state index in [0.29, 0.717) is 16.9 Å². The number of benzene rings is 2. The number of rotatable bonds is 5. The molecule has 6 heteroatoms. The number of nitrogens with one attached hydrogen (secondary N) is 2. The topological polar surface area (TPSA) is 70.7 Å². The van der Waals surface area contributed by atoms with Crippen LogP contribution in [0.5, 0.6) is 0 Å². The van der Waals surface area contributed by atoms with E-state index in [2.05, 4.69) is 15.5 Å². The number of amides is 2. The zero-order valence-corrected chi connectivity index (χ0v) is 14.8. The second-order valence-electron chi connectivity index (χ2n) is 6.30. The number of hydrogen-bond donors (Lipinski definition) is 2. The van der Waals surface area contributed by atoms with Crippen molar-refractivity contribution in [3.8, 4) is 0 Å². The number of hydrogen-bond acceptors (Lipinski definition) is 4. The lowest BCUT2D eigenvalue weighted by Crippen LogP contribution is -2.35. The Kier molecular flexibility index (Phi) is 5.99. The van der Waals surface area contributed by atoms with E-state index in [1.165, 1.54) is 6.92 Å². The maximum Gasteiger partial charge on any atom is 0.255 e. The summed E-state index contributed by atoms with van der Waals surface area (Å²) in [7, 11) is 0. The molecular formula is C20H23N3O3. The standard InChI is InChI=1S/C20H23N3O3/c1-15(24)21-18-5-7-19(8-6-18)22-20(25)17-4-2-3-16(13-17)14-23-9-11-26-12-10-23/h2-8,13H,9-12,14H2,1H3,(H,21,24)(H,22,25). The predicted octanol–water partition coefficient (Wildman–Crippen LogP) is 2.73. The van der Waals surface area contributed by atoms with Gasteiger partial charge in [-0.05, 0) is 42.0 Å². The van der Waals surface area contributed by atoms with Gasteiger partial charge < -0.3 is 15.4 Å². The molecule has 0 atom stereocenters. The van der Waals surface area contributed by atoms with Crippen LogP contribution in [0.3, 0.4) is 0 Å². The van der Waals surface area contributed by atoms with E-state index < -0.39 is 0 Å². The zero-order valence-electron chi connectivity index (χ0n) is 14.8. The van der Waals surface area contributed by atoms with Crippen LogP contribution in [0, 0.1) is 0 Å². The van der Waals surface area contributed by atoms with Crippen molar-refractivity contribution in [3.05, 3.63) is 59.7 Å². The number of ether oxygens (including phenoxy) is 1. The Labute approximate surface area is 153 Å². The van der Waals surface area contributed by atoms with Gasteiger partial charge in [0.1, 0.15) is 0 Å². The fourth-order valence-electron chi connectivity index (χ4n) is 2.87. The molecule has 0 saturated carbocycles. The second-order valence-corrected chi connectivity index (χ2v) is 6.30. The molecule has 2 amide bonds. The molecule has 1 heterocycles. The quantitative estimate of drug-likeness (QED) is 0.867. The second kappa shape index (κ2) is 8.60. The Morgan fingerprint density at radius 3 is 2.31 bits per heavy atom. The molecule has 1 saturated heterocycles. The van der Waals surface area contributed by atoms with Crippen LogP contribution in [0.1, 0.15) is 22.8 Å². The third-order valence-electron chi connectivity index (χ3n) is 4.16. The molecule has 6 nitrogen and oxygen atoms in total. The number of nitrogens with zero attached hydrogens (tertiary/aromatic N) is 1. The van der Waals surface area contributed by atoms with Crippen molar-refractivity contribution < 1.29 is 14.3 Å². The van der Waals surface area contributed by atoms with Crippen LogP contribution < -0.4 is 10.6 Å². The molecule has 0 unspecified atom stereocenters. The van der Waals surface area contributed by atoms with Crippen LogP contribution in [0.25, 0.3) is 0 Å². The zero-order chi connectivity index (χ0) is 18.4. The molecule has 136 valence electrons. The Balaban J connectivity index is 1.62. The fourth-order valence-corrected chi connectivity index (χ4v) is 2.87. The Morgan fingerprint density at radius 1 is 1.00 bits per heavy atom. The van der Waals surface area contributed by atoms with Crippen LogP contribution in [0.2, 0.25) is 0 Å². The minimum atomic E-state index is -0.152. The van der Waals surface area contributed by atoms with Crippen molar-refractivity contribution in [2.24, 2.45) is 0 Å². The summed E-state index contributed by atoms with van der Waals surface area (Å²) < 4.78 is 5.37. The van der Waals surface area contributed by atoms with Gasteiger partial charge in [0.25, 0.3) is 5.91 Å². The highest BCUT2D eigenvalue weighted by molar-refractivity contribution is 6.04. The number of anilines is 2. The molecule has 0 bridgehead atoms. The summed E-state index contributed by atoms with van der Waals surface area (Å²) in [5.41, 5.74) is 3.12. The monoisotopic (exact) mass is 353 g/mol. The summed E-state index contributed by atoms with van der Waals surface area (Å²) in [5, 5.41) is 5.58. The lowest BCUT2D eigenvalue weighted by molar-refractivity contribution is -0.114. The van der Waals surface area contributed by atoms with E-state index >= 15 is 0 Å². The van der Waals surface area contributed by atoms with Crippen molar-refractivity contribution in [3.63, 3.8) is 0 Å². The highest BCUT2D eigenvalue weighted by atomic mass is 16.5. The minimum Gasteiger partial charge on any atom is -0.379 e. The highest BCUT2D eigenvalue weighted by Crippen LogP contribution is 2.16. The number of carbonyl (C=O) groups excluding carboxylic acids is 2. The van der Waals surface area contributed by atoms with Gasteiger partial charge in [-0.15, -0.1) is 0 Å². The molecule has 1 aliphatic rings. The van der Waals surface area contributed by atoms with Crippen molar-refractivity contribution in [1.29, 1.82) is 0 Å². The van der Waals surface area contributed by atoms with Crippen molar-refractivity contribution >= 4 is 23.2 Å². The van der Waals surface area contributed by atoms with Gasteiger partial charge in [0.15, 0.2) is 0 Å². The number of morpholine rings is 1. The smallest absolute Gasteiger partial charge is 0.255 e. The average Bonchev–Trinajstić information content (AvgIpc) is 2.64. The van der Waals surface area contributed by atoms with Gasteiger partial charge in [0.05, 0.1) is 13.2 Å². The average molecular weight is 353 g/mol. The Bertz CT molecular complexity index is 768. The van der Waals surface area contributed by atoms with E-state index in [1.807, 2.05) is 24.3 Å². The molecule has 2 N–H and O–H groups in total. The van der Waals surface area contributed by atoms with Crippen LogP contribution >= 0.6 is 0 Å². The molecule has 0 spiro atoms. The fraction of sp³-hybridized carbons (Fsp3) is 0.300. The van der Waals surface area contributed by atoms with E-state index in [4.69, 9.17) is 4.74 Å². The third-order valence-corrected chi connectivity index (χ3v) is 4.16. The van der Waals surface area contributed by atoms with E-state index in [1.54, 1.807) is 24.3 Å². The van der Waals surface area contributed by atoms with Crippen LogP contribution in [0.15, 0.2) is 48.5 Å². The summed E-state index contributed by atoms with van der Waals surface area (Å²) in [6.07, 6.45) is 0. The summed E-state index contributed by atoms with van der Waals surface area (Å²) in [5.74, 6) is -0.278. The van der Waals surface area contributed by atoms with Gasteiger partial charge in [-0.3, -0.25) is 14.5 Å². The van der Waals surface area contributed by atoms with E-state index in [9.17, 15) is 9.59 Å². The van der Waals surface area contributed by atoms with Gasteiger partial charge >= 0.3 is 0 Å². The van der Waals surface area contributed by atoms with Crippen molar-refractivity contribution in [1.82, 2.24) is 4.90 Å². The van der Waals surface area contributed by atoms with Gasteiger partial charge in [-0.1, -0.05) is 12.1 Å². The largest absolute Gasteiger partial charge is 0.379 e.